The number of benzene rings is 8. The first-order valence-electron chi connectivity index (χ1n) is 20.2. The molecule has 8 aromatic carbocycles. The first kappa shape index (κ1) is 37.3. The molecule has 0 fully saturated rings. The Balaban J connectivity index is 1.39. The van der Waals surface area contributed by atoms with Gasteiger partial charge >= 0.3 is 0 Å². The van der Waals surface area contributed by atoms with Crippen molar-refractivity contribution in [2.24, 2.45) is 0 Å². The van der Waals surface area contributed by atoms with E-state index in [0.717, 1.165) is 32.8 Å². The molecule has 0 N–H and O–H groups in total. The molecule has 0 unspecified atom stereocenters. The predicted octanol–water partition coefficient (Wildman–Crippen LogP) is 14.8. The topological polar surface area (TPSA) is 6.02 Å². The summed E-state index contributed by atoms with van der Waals surface area (Å²) in [5, 5.41) is 2.32. The quantitative estimate of drug-likeness (QED) is 0.141. The molecule has 2 aliphatic heterocycles. The van der Waals surface area contributed by atoms with Crippen LogP contribution in [0.3, 0.4) is 0 Å². The van der Waals surface area contributed by atoms with Crippen LogP contribution in [0.5, 0.6) is 0 Å². The minimum Gasteiger partial charge on any atom is -0.147 e. The summed E-state index contributed by atoms with van der Waals surface area (Å²) >= 11 is 3.75. The second kappa shape index (κ2) is 17.1. The van der Waals surface area contributed by atoms with Crippen LogP contribution >= 0.6 is 23.5 Å². The van der Waals surface area contributed by atoms with Gasteiger partial charge in [-0.1, -0.05) is 194 Å². The summed E-state index contributed by atoms with van der Waals surface area (Å²) < 4.78 is 4.88. The van der Waals surface area contributed by atoms with E-state index in [4.69, 9.17) is 0 Å². The van der Waals surface area contributed by atoms with E-state index in [2.05, 4.69) is 252 Å². The van der Waals surface area contributed by atoms with Crippen molar-refractivity contribution >= 4 is 78.7 Å². The van der Waals surface area contributed by atoms with E-state index in [9.17, 15) is 0 Å². The molecule has 8 aromatic rings. The highest BCUT2D eigenvalue weighted by atomic mass is 32.2. The summed E-state index contributed by atoms with van der Waals surface area (Å²) in [6.07, 6.45) is 0. The minimum absolute atomic E-state index is 1.10. The average Bonchev–Trinajstić information content (AvgIpc) is 3.91. The zero-order valence-corrected chi connectivity index (χ0v) is 34.4. The largest absolute Gasteiger partial charge is 0.259 e. The summed E-state index contributed by atoms with van der Waals surface area (Å²) in [6, 6.07) is 87.0. The Kier molecular flexibility index (Phi) is 10.6. The van der Waals surface area contributed by atoms with Gasteiger partial charge in [-0.3, -0.25) is 0 Å². The maximum atomic E-state index is 2.44. The minimum atomic E-state index is 1.10. The maximum absolute atomic E-state index is 2.44. The van der Waals surface area contributed by atoms with Crippen LogP contribution in [0, 0.1) is 0 Å². The molecular weight excluding hydrogens is 765 g/mol. The molecule has 0 spiro atoms. The van der Waals surface area contributed by atoms with Crippen molar-refractivity contribution in [2.45, 2.75) is 0 Å². The molecule has 60 heavy (non-hydrogen) atoms. The molecule has 2 nitrogen and oxygen atoms in total. The lowest BCUT2D eigenvalue weighted by Gasteiger charge is -2.13. The highest BCUT2D eigenvalue weighted by Crippen LogP contribution is 2.59. The Bertz CT molecular complexity index is 2650. The van der Waals surface area contributed by atoms with Crippen molar-refractivity contribution in [3.8, 4) is 0 Å². The lowest BCUT2D eigenvalue weighted by Crippen LogP contribution is -2.14. The van der Waals surface area contributed by atoms with Gasteiger partial charge in [-0.25, -0.2) is 0 Å². The SMILES string of the molecule is c1ccc(C2=C(c3ccccc3)/C(=C3/SC(=[N+](c4ccccc4)c4ccccc4)C(c4ccccc4)=C3c3ccccc3)SC2=[N+](c2ccccc2)c2ccccc2)cc1. The molecule has 2 aliphatic rings. The maximum Gasteiger partial charge on any atom is 0.259 e. The fourth-order valence-corrected chi connectivity index (χ4v) is 11.0. The molecule has 0 atom stereocenters. The monoisotopic (exact) mass is 804 g/mol. The van der Waals surface area contributed by atoms with Gasteiger partial charge in [0.25, 0.3) is 10.1 Å². The first-order valence-corrected chi connectivity index (χ1v) is 21.8. The highest BCUT2D eigenvalue weighted by molar-refractivity contribution is 8.23. The molecule has 0 bridgehead atoms. The fraction of sp³-hybridized carbons (Fsp3) is 0. The second-order valence-electron chi connectivity index (χ2n) is 14.4. The van der Waals surface area contributed by atoms with Gasteiger partial charge in [0, 0.05) is 69.5 Å². The van der Waals surface area contributed by atoms with E-state index in [1.165, 1.54) is 54.4 Å². The van der Waals surface area contributed by atoms with Crippen molar-refractivity contribution in [3.63, 3.8) is 0 Å². The van der Waals surface area contributed by atoms with Gasteiger partial charge in [-0.2, -0.15) is 0 Å². The molecule has 0 amide bonds. The molecule has 0 aliphatic carbocycles. The summed E-state index contributed by atoms with van der Waals surface area (Å²) in [6.45, 7) is 0. The van der Waals surface area contributed by atoms with Crippen molar-refractivity contribution in [2.75, 3.05) is 0 Å². The number of para-hydroxylation sites is 4. The van der Waals surface area contributed by atoms with Gasteiger partial charge in [0.1, 0.15) is 0 Å². The van der Waals surface area contributed by atoms with Crippen LogP contribution in [0.25, 0.3) is 22.3 Å². The molecule has 0 radical (unpaired) electrons. The summed E-state index contributed by atoms with van der Waals surface area (Å²) in [5.74, 6) is 0. The number of rotatable bonds is 8. The van der Waals surface area contributed by atoms with Crippen LogP contribution in [0.15, 0.2) is 252 Å². The Morgan fingerprint density at radius 3 is 0.650 bits per heavy atom. The number of allylic oxidation sites excluding steroid dienone is 2. The number of thioether (sulfide) groups is 2. The molecule has 0 saturated carbocycles. The van der Waals surface area contributed by atoms with Crippen molar-refractivity contribution in [1.29, 1.82) is 0 Å². The smallest absolute Gasteiger partial charge is 0.147 e. The predicted molar refractivity (Wildman–Crippen MR) is 260 cm³/mol. The molecule has 4 heteroatoms. The average molecular weight is 805 g/mol. The fourth-order valence-electron chi connectivity index (χ4n) is 8.05. The van der Waals surface area contributed by atoms with Crippen LogP contribution in [-0.2, 0) is 0 Å². The highest BCUT2D eigenvalue weighted by Gasteiger charge is 2.44. The zero-order valence-electron chi connectivity index (χ0n) is 32.8. The Morgan fingerprint density at radius 2 is 0.417 bits per heavy atom. The van der Waals surface area contributed by atoms with Gasteiger partial charge in [-0.05, 0) is 45.8 Å². The van der Waals surface area contributed by atoms with Crippen LogP contribution in [-0.4, -0.2) is 10.1 Å². The Labute approximate surface area is 360 Å². The van der Waals surface area contributed by atoms with E-state index in [1.807, 2.05) is 23.5 Å². The molecule has 284 valence electrons. The van der Waals surface area contributed by atoms with Gasteiger partial charge in [0.2, 0.25) is 22.7 Å². The third-order valence-corrected chi connectivity index (χ3v) is 13.2. The van der Waals surface area contributed by atoms with Crippen LogP contribution < -0.4 is 9.15 Å². The standard InChI is InChI=1S/C56H40N2S2/c1-9-25-41(26-10-1)49-51(43-29-13-3-14-30-43)55(57(45-33-17-5-18-34-45)46-35-19-6-20-36-46)59-53(49)54-50(42-27-11-2-12-28-42)52(44-31-15-4-16-32-44)56(60-54)58(47-37-21-7-22-38-47)48-39-23-8-24-40-48/h1-40H/q+2/b54-53-. The van der Waals surface area contributed by atoms with E-state index in [1.54, 1.807) is 0 Å². The number of hydrogen-bond acceptors (Lipinski definition) is 2. The van der Waals surface area contributed by atoms with Gasteiger partial charge < -0.3 is 0 Å². The van der Waals surface area contributed by atoms with E-state index >= 15 is 0 Å². The molecular formula is C56H40N2S2+2. The Hall–Kier alpha value is -6.98. The third kappa shape index (κ3) is 7.21. The molecule has 2 heterocycles. The molecule has 0 aromatic heterocycles. The lowest BCUT2D eigenvalue weighted by atomic mass is 9.91. The third-order valence-electron chi connectivity index (χ3n) is 10.7. The van der Waals surface area contributed by atoms with Gasteiger partial charge in [-0.15, -0.1) is 9.15 Å². The van der Waals surface area contributed by atoms with E-state index in [0.29, 0.717) is 0 Å². The van der Waals surface area contributed by atoms with Gasteiger partial charge in [0.15, 0.2) is 0 Å². The van der Waals surface area contributed by atoms with Crippen LogP contribution in [0.1, 0.15) is 22.3 Å². The van der Waals surface area contributed by atoms with E-state index in [-0.39, 0.29) is 0 Å². The van der Waals surface area contributed by atoms with Crippen LogP contribution in [0.2, 0.25) is 0 Å². The zero-order chi connectivity index (χ0) is 40.1. The summed E-state index contributed by atoms with van der Waals surface area (Å²) in [5.41, 5.74) is 13.9. The normalized spacial score (nSPS) is 15.1. The summed E-state index contributed by atoms with van der Waals surface area (Å²) in [4.78, 5) is 2.44. The lowest BCUT2D eigenvalue weighted by molar-refractivity contribution is 1.10. The Morgan fingerprint density at radius 1 is 0.217 bits per heavy atom. The second-order valence-corrected chi connectivity index (χ2v) is 16.4. The van der Waals surface area contributed by atoms with Crippen LogP contribution in [0.4, 0.5) is 22.7 Å². The van der Waals surface area contributed by atoms with E-state index < -0.39 is 0 Å². The number of nitrogens with zero attached hydrogens (tertiary/aromatic N) is 2. The van der Waals surface area contributed by atoms with Crippen molar-refractivity contribution in [1.82, 2.24) is 9.15 Å². The van der Waals surface area contributed by atoms with Crippen molar-refractivity contribution < 1.29 is 0 Å². The number of hydrogen-bond donors (Lipinski definition) is 0. The van der Waals surface area contributed by atoms with Gasteiger partial charge in [0.05, 0.1) is 11.1 Å². The molecule has 10 rings (SSSR count). The first-order chi connectivity index (χ1) is 29.8. The van der Waals surface area contributed by atoms with Crippen molar-refractivity contribution in [3.05, 3.63) is 275 Å². The summed E-state index contributed by atoms with van der Waals surface area (Å²) in [7, 11) is 0. The molecule has 0 saturated heterocycles.